The molecule has 0 aromatic heterocycles. The van der Waals surface area contributed by atoms with E-state index in [-0.39, 0.29) is 12.0 Å². The fourth-order valence-corrected chi connectivity index (χ4v) is 3.04. The molecule has 0 unspecified atom stereocenters. The molecule has 1 aliphatic rings. The summed E-state index contributed by atoms with van der Waals surface area (Å²) >= 11 is 0. The van der Waals surface area contributed by atoms with Gasteiger partial charge in [0.05, 0.1) is 19.8 Å². The van der Waals surface area contributed by atoms with Gasteiger partial charge in [0.1, 0.15) is 6.04 Å². The Morgan fingerprint density at radius 1 is 1.04 bits per heavy atom. The van der Waals surface area contributed by atoms with Crippen LogP contribution in [0.1, 0.15) is 73.6 Å². The van der Waals surface area contributed by atoms with E-state index in [1.165, 1.54) is 0 Å². The summed E-state index contributed by atoms with van der Waals surface area (Å²) in [5.41, 5.74) is -1.23. The van der Waals surface area contributed by atoms with E-state index in [0.717, 1.165) is 25.7 Å². The van der Waals surface area contributed by atoms with Crippen molar-refractivity contribution in [3.63, 3.8) is 0 Å². The van der Waals surface area contributed by atoms with Crippen LogP contribution >= 0.6 is 0 Å². The van der Waals surface area contributed by atoms with Gasteiger partial charge in [-0.05, 0) is 39.5 Å². The van der Waals surface area contributed by atoms with Gasteiger partial charge in [0.15, 0.2) is 0 Å². The fourth-order valence-electron chi connectivity index (χ4n) is 3.04. The third-order valence-corrected chi connectivity index (χ3v) is 4.37. The number of esters is 1. The molecule has 0 aromatic carbocycles. The highest BCUT2D eigenvalue weighted by Crippen LogP contribution is 2.31. The zero-order chi connectivity index (χ0) is 19.6. The predicted molar refractivity (Wildman–Crippen MR) is 105 cm³/mol. The fraction of sp³-hybridized carbons (Fsp3) is 0.850. The molecule has 0 N–H and O–H groups in total. The van der Waals surface area contributed by atoms with Crippen molar-refractivity contribution >= 4 is 17.8 Å². The predicted octanol–water partition coefficient (Wildman–Crippen LogP) is 4.17. The average molecular weight is 369 g/mol. The summed E-state index contributed by atoms with van der Waals surface area (Å²) in [6, 6.07) is -0.241. The number of aliphatic imine (C=N–C) groups is 2. The molecule has 2 atom stereocenters. The van der Waals surface area contributed by atoms with E-state index in [1.807, 2.05) is 13.8 Å². The first-order valence-electron chi connectivity index (χ1n) is 10.1. The zero-order valence-electron chi connectivity index (χ0n) is 17.3. The van der Waals surface area contributed by atoms with Gasteiger partial charge in [-0.25, -0.2) is 14.8 Å². The van der Waals surface area contributed by atoms with Gasteiger partial charge in [-0.15, -0.1) is 0 Å². The topological polar surface area (TPSA) is 69.5 Å². The van der Waals surface area contributed by atoms with Gasteiger partial charge in [0.2, 0.25) is 17.3 Å². The SMILES string of the molecule is CCCCCC[C@@]1(C(=O)OCC)N=C(OCC)[C@H](C(C)C)N=C1OCC. The third kappa shape index (κ3) is 5.45. The second-order valence-electron chi connectivity index (χ2n) is 6.83. The molecule has 0 amide bonds. The molecular weight excluding hydrogens is 332 g/mol. The molecule has 1 rings (SSSR count). The Morgan fingerprint density at radius 3 is 2.27 bits per heavy atom. The summed E-state index contributed by atoms with van der Waals surface area (Å²) < 4.78 is 17.0. The van der Waals surface area contributed by atoms with Crippen LogP contribution in [0, 0.1) is 5.92 Å². The van der Waals surface area contributed by atoms with Gasteiger partial charge >= 0.3 is 5.97 Å². The van der Waals surface area contributed by atoms with Gasteiger partial charge in [0.25, 0.3) is 0 Å². The minimum atomic E-state index is -1.23. The van der Waals surface area contributed by atoms with E-state index in [0.29, 0.717) is 38.0 Å². The van der Waals surface area contributed by atoms with E-state index >= 15 is 0 Å². The van der Waals surface area contributed by atoms with Crippen LogP contribution in [-0.4, -0.2) is 49.2 Å². The summed E-state index contributed by atoms with van der Waals surface area (Å²) in [4.78, 5) is 22.5. The number of hydrogen-bond donors (Lipinski definition) is 0. The van der Waals surface area contributed by atoms with E-state index in [2.05, 4.69) is 20.8 Å². The van der Waals surface area contributed by atoms with Crippen molar-refractivity contribution < 1.29 is 19.0 Å². The van der Waals surface area contributed by atoms with Gasteiger partial charge in [0, 0.05) is 0 Å². The normalized spacial score (nSPS) is 22.7. The lowest BCUT2D eigenvalue weighted by molar-refractivity contribution is -0.147. The summed E-state index contributed by atoms with van der Waals surface area (Å²) in [6.07, 6.45) is 4.66. The largest absolute Gasteiger partial charge is 0.480 e. The number of carbonyl (C=O) groups excluding carboxylic acids is 1. The van der Waals surface area contributed by atoms with Crippen molar-refractivity contribution in [1.29, 1.82) is 0 Å². The molecule has 150 valence electrons. The molecule has 1 aliphatic heterocycles. The van der Waals surface area contributed by atoms with Crippen LogP contribution in [0.2, 0.25) is 0 Å². The van der Waals surface area contributed by atoms with E-state index < -0.39 is 11.5 Å². The zero-order valence-corrected chi connectivity index (χ0v) is 17.3. The number of hydrogen-bond acceptors (Lipinski definition) is 6. The summed E-state index contributed by atoms with van der Waals surface area (Å²) in [5, 5.41) is 0. The smallest absolute Gasteiger partial charge is 0.343 e. The molecule has 0 bridgehead atoms. The Labute approximate surface area is 158 Å². The van der Waals surface area contributed by atoms with Gasteiger partial charge in [-0.2, -0.15) is 0 Å². The Morgan fingerprint density at radius 2 is 1.73 bits per heavy atom. The molecule has 0 aromatic rings. The summed E-state index contributed by atoms with van der Waals surface area (Å²) in [6.45, 7) is 13.1. The van der Waals surface area contributed by atoms with Crippen molar-refractivity contribution in [3.8, 4) is 0 Å². The van der Waals surface area contributed by atoms with Gasteiger partial charge in [-0.1, -0.05) is 40.0 Å². The second kappa shape index (κ2) is 11.2. The van der Waals surface area contributed by atoms with E-state index in [4.69, 9.17) is 24.2 Å². The van der Waals surface area contributed by atoms with Gasteiger partial charge in [-0.3, -0.25) is 0 Å². The lowest BCUT2D eigenvalue weighted by Gasteiger charge is -2.35. The Bertz CT molecular complexity index is 502. The Balaban J connectivity index is 3.32. The molecule has 0 radical (unpaired) electrons. The number of carbonyl (C=O) groups is 1. The van der Waals surface area contributed by atoms with Crippen molar-refractivity contribution in [2.24, 2.45) is 15.9 Å². The maximum atomic E-state index is 12.9. The molecule has 26 heavy (non-hydrogen) atoms. The maximum Gasteiger partial charge on any atom is 0.343 e. The van der Waals surface area contributed by atoms with E-state index in [1.54, 1.807) is 6.92 Å². The highest BCUT2D eigenvalue weighted by Gasteiger charge is 2.50. The summed E-state index contributed by atoms with van der Waals surface area (Å²) in [5.74, 6) is 0.672. The maximum absolute atomic E-state index is 12.9. The lowest BCUT2D eigenvalue weighted by Crippen LogP contribution is -2.53. The van der Waals surface area contributed by atoms with Gasteiger partial charge < -0.3 is 14.2 Å². The van der Waals surface area contributed by atoms with Crippen LogP contribution in [0.25, 0.3) is 0 Å². The molecule has 0 fully saturated rings. The quantitative estimate of drug-likeness (QED) is 0.429. The molecule has 0 saturated heterocycles. The minimum absolute atomic E-state index is 0.191. The van der Waals surface area contributed by atoms with Crippen LogP contribution in [0.15, 0.2) is 9.98 Å². The van der Waals surface area contributed by atoms with Crippen LogP contribution in [0.5, 0.6) is 0 Å². The standard InChI is InChI=1S/C20H36N2O4/c1-7-11-12-13-14-20(19(23)26-10-4)18(25-9-3)21-16(15(5)6)17(22-20)24-8-2/h15-16H,7-14H2,1-6H3/t16-,20+/m0/s1. The van der Waals surface area contributed by atoms with Crippen molar-refractivity contribution in [3.05, 3.63) is 0 Å². The molecule has 1 heterocycles. The molecule has 0 aliphatic carbocycles. The van der Waals surface area contributed by atoms with Crippen molar-refractivity contribution in [2.75, 3.05) is 19.8 Å². The highest BCUT2D eigenvalue weighted by molar-refractivity contribution is 6.11. The Kier molecular flexibility index (Phi) is 9.66. The molecule has 0 saturated carbocycles. The summed E-state index contributed by atoms with van der Waals surface area (Å²) in [7, 11) is 0. The first-order chi connectivity index (χ1) is 12.5. The monoisotopic (exact) mass is 368 g/mol. The first-order valence-corrected chi connectivity index (χ1v) is 10.1. The lowest BCUT2D eigenvalue weighted by atomic mass is 9.89. The molecule has 6 nitrogen and oxygen atoms in total. The highest BCUT2D eigenvalue weighted by atomic mass is 16.5. The number of ether oxygens (including phenoxy) is 3. The van der Waals surface area contributed by atoms with Crippen LogP contribution in [0.4, 0.5) is 0 Å². The number of nitrogens with zero attached hydrogens (tertiary/aromatic N) is 2. The number of unbranched alkanes of at least 4 members (excludes halogenated alkanes) is 3. The molecule has 6 heteroatoms. The minimum Gasteiger partial charge on any atom is -0.480 e. The van der Waals surface area contributed by atoms with E-state index in [9.17, 15) is 4.79 Å². The molecular formula is C20H36N2O4. The number of rotatable bonds is 10. The average Bonchev–Trinajstić information content (AvgIpc) is 2.60. The van der Waals surface area contributed by atoms with Crippen LogP contribution in [-0.2, 0) is 19.0 Å². The third-order valence-electron chi connectivity index (χ3n) is 4.37. The molecule has 0 spiro atoms. The van der Waals surface area contributed by atoms with Crippen molar-refractivity contribution in [1.82, 2.24) is 0 Å². The van der Waals surface area contributed by atoms with Crippen LogP contribution in [0.3, 0.4) is 0 Å². The van der Waals surface area contributed by atoms with Crippen molar-refractivity contribution in [2.45, 2.75) is 85.2 Å². The first kappa shape index (κ1) is 22.5. The van der Waals surface area contributed by atoms with Crippen LogP contribution < -0.4 is 0 Å². The Hall–Kier alpha value is -1.59. The second-order valence-corrected chi connectivity index (χ2v) is 6.83.